The normalized spacial score (nSPS) is 10.4. The Labute approximate surface area is 107 Å². The summed E-state index contributed by atoms with van der Waals surface area (Å²) in [6.07, 6.45) is 2.77. The molecule has 1 rings (SSSR count). The Bertz CT molecular complexity index is 356. The van der Waals surface area contributed by atoms with Crippen LogP contribution in [0.15, 0.2) is 12.1 Å². The van der Waals surface area contributed by atoms with E-state index in [0.717, 1.165) is 19.3 Å². The summed E-state index contributed by atoms with van der Waals surface area (Å²) in [5.74, 6) is 0.00951. The van der Waals surface area contributed by atoms with Crippen LogP contribution in [0.1, 0.15) is 33.1 Å². The Morgan fingerprint density at radius 1 is 1.06 bits per heavy atom. The van der Waals surface area contributed by atoms with E-state index in [1.807, 2.05) is 6.92 Å². The van der Waals surface area contributed by atoms with Crippen molar-refractivity contribution < 1.29 is 13.9 Å². The number of benzene rings is 1. The summed E-state index contributed by atoms with van der Waals surface area (Å²) in [5.41, 5.74) is 0. The van der Waals surface area contributed by atoms with Crippen molar-refractivity contribution in [3.63, 3.8) is 0 Å². The lowest BCUT2D eigenvalue weighted by molar-refractivity contribution is 0.292. The predicted molar refractivity (Wildman–Crippen MR) is 67.6 cm³/mol. The van der Waals surface area contributed by atoms with Crippen LogP contribution in [0.3, 0.4) is 0 Å². The number of unbranched alkanes of at least 4 members (excludes halogenated alkanes) is 1. The van der Waals surface area contributed by atoms with E-state index >= 15 is 0 Å². The van der Waals surface area contributed by atoms with E-state index in [2.05, 4.69) is 6.92 Å². The van der Waals surface area contributed by atoms with Crippen molar-refractivity contribution in [2.75, 3.05) is 13.2 Å². The molecular formula is C13H18ClFO2. The zero-order chi connectivity index (χ0) is 12.7. The zero-order valence-electron chi connectivity index (χ0n) is 10.3. The molecular weight excluding hydrogens is 243 g/mol. The average Bonchev–Trinajstić information content (AvgIpc) is 2.34. The van der Waals surface area contributed by atoms with E-state index in [0.29, 0.717) is 19.0 Å². The highest BCUT2D eigenvalue weighted by atomic mass is 35.5. The Morgan fingerprint density at radius 2 is 1.71 bits per heavy atom. The van der Waals surface area contributed by atoms with Crippen molar-refractivity contribution in [2.24, 2.45) is 0 Å². The van der Waals surface area contributed by atoms with Gasteiger partial charge in [-0.05, 0) is 25.0 Å². The highest BCUT2D eigenvalue weighted by Gasteiger charge is 2.13. The molecule has 0 atom stereocenters. The Balaban J connectivity index is 2.72. The standard InChI is InChI=1S/C13H18ClFO2/c1-3-5-9-17-10-6-7-11(16-8-4-2)13(15)12(10)14/h6-7H,3-5,8-9H2,1-2H3. The van der Waals surface area contributed by atoms with Gasteiger partial charge in [-0.2, -0.15) is 0 Å². The minimum atomic E-state index is -0.547. The molecule has 1 aromatic rings. The molecule has 0 N–H and O–H groups in total. The molecule has 0 aliphatic rings. The van der Waals surface area contributed by atoms with Gasteiger partial charge in [-0.3, -0.25) is 0 Å². The van der Waals surface area contributed by atoms with Gasteiger partial charge in [0.05, 0.1) is 13.2 Å². The van der Waals surface area contributed by atoms with E-state index in [-0.39, 0.29) is 10.8 Å². The summed E-state index contributed by atoms with van der Waals surface area (Å²) in [5, 5.41) is -0.00490. The van der Waals surface area contributed by atoms with Crippen LogP contribution < -0.4 is 9.47 Å². The van der Waals surface area contributed by atoms with Crippen molar-refractivity contribution >= 4 is 11.6 Å². The van der Waals surface area contributed by atoms with Gasteiger partial charge in [-0.25, -0.2) is 4.39 Å². The van der Waals surface area contributed by atoms with E-state index in [1.165, 1.54) is 0 Å². The molecule has 96 valence electrons. The second kappa shape index (κ2) is 7.38. The molecule has 17 heavy (non-hydrogen) atoms. The van der Waals surface area contributed by atoms with Crippen LogP contribution in [0.25, 0.3) is 0 Å². The third-order valence-corrected chi connectivity index (χ3v) is 2.58. The summed E-state index contributed by atoms with van der Waals surface area (Å²) < 4.78 is 24.4. The monoisotopic (exact) mass is 260 g/mol. The van der Waals surface area contributed by atoms with Gasteiger partial charge in [0.15, 0.2) is 11.6 Å². The summed E-state index contributed by atoms with van der Waals surface area (Å²) in [4.78, 5) is 0. The van der Waals surface area contributed by atoms with Crippen LogP contribution in [0.2, 0.25) is 5.02 Å². The van der Waals surface area contributed by atoms with Gasteiger partial charge in [0, 0.05) is 0 Å². The minimum Gasteiger partial charge on any atom is -0.492 e. The average molecular weight is 261 g/mol. The lowest BCUT2D eigenvalue weighted by Gasteiger charge is -2.11. The number of hydrogen-bond acceptors (Lipinski definition) is 2. The lowest BCUT2D eigenvalue weighted by Crippen LogP contribution is -2.01. The molecule has 0 saturated heterocycles. The summed E-state index contributed by atoms with van der Waals surface area (Å²) in [7, 11) is 0. The molecule has 0 aromatic heterocycles. The molecule has 0 radical (unpaired) electrons. The summed E-state index contributed by atoms with van der Waals surface area (Å²) >= 11 is 5.88. The molecule has 0 aliphatic heterocycles. The van der Waals surface area contributed by atoms with Crippen LogP contribution >= 0.6 is 11.6 Å². The highest BCUT2D eigenvalue weighted by molar-refractivity contribution is 6.32. The van der Waals surface area contributed by atoms with Gasteiger partial charge < -0.3 is 9.47 Å². The summed E-state index contributed by atoms with van der Waals surface area (Å²) in [6.45, 7) is 5.04. The molecule has 1 aromatic carbocycles. The second-order valence-electron chi connectivity index (χ2n) is 3.74. The van der Waals surface area contributed by atoms with E-state index in [4.69, 9.17) is 21.1 Å². The number of halogens is 2. The SMILES string of the molecule is CCCCOc1ccc(OCCC)c(F)c1Cl. The summed E-state index contributed by atoms with van der Waals surface area (Å²) in [6, 6.07) is 3.20. The molecule has 4 heteroatoms. The first-order valence-electron chi connectivity index (χ1n) is 5.94. The maximum absolute atomic E-state index is 13.8. The Kier molecular flexibility index (Phi) is 6.12. The van der Waals surface area contributed by atoms with Crippen LogP contribution in [0, 0.1) is 5.82 Å². The molecule has 0 aliphatic carbocycles. The number of hydrogen-bond donors (Lipinski definition) is 0. The molecule has 0 saturated carbocycles. The quantitative estimate of drug-likeness (QED) is 0.675. The fourth-order valence-electron chi connectivity index (χ4n) is 1.28. The molecule has 2 nitrogen and oxygen atoms in total. The third kappa shape index (κ3) is 4.08. The first-order chi connectivity index (χ1) is 8.20. The van der Waals surface area contributed by atoms with Gasteiger partial charge >= 0.3 is 0 Å². The van der Waals surface area contributed by atoms with Crippen LogP contribution in [0.5, 0.6) is 11.5 Å². The van der Waals surface area contributed by atoms with Crippen molar-refractivity contribution in [1.29, 1.82) is 0 Å². The van der Waals surface area contributed by atoms with Crippen molar-refractivity contribution in [1.82, 2.24) is 0 Å². The third-order valence-electron chi connectivity index (χ3n) is 2.23. The van der Waals surface area contributed by atoms with Gasteiger partial charge in [0.1, 0.15) is 10.8 Å². The highest BCUT2D eigenvalue weighted by Crippen LogP contribution is 2.33. The van der Waals surface area contributed by atoms with Crippen LogP contribution in [-0.4, -0.2) is 13.2 Å². The molecule has 0 unspecified atom stereocenters. The van der Waals surface area contributed by atoms with Gasteiger partial charge in [-0.1, -0.05) is 31.9 Å². The second-order valence-corrected chi connectivity index (χ2v) is 4.12. The van der Waals surface area contributed by atoms with Crippen LogP contribution in [-0.2, 0) is 0 Å². The Morgan fingerprint density at radius 3 is 2.35 bits per heavy atom. The lowest BCUT2D eigenvalue weighted by atomic mass is 10.3. The smallest absolute Gasteiger partial charge is 0.187 e. The van der Waals surface area contributed by atoms with E-state index < -0.39 is 5.82 Å². The maximum atomic E-state index is 13.8. The minimum absolute atomic E-state index is 0.00490. The molecule has 0 heterocycles. The van der Waals surface area contributed by atoms with Crippen molar-refractivity contribution in [2.45, 2.75) is 33.1 Å². The first-order valence-corrected chi connectivity index (χ1v) is 6.32. The first kappa shape index (κ1) is 14.1. The van der Waals surface area contributed by atoms with E-state index in [9.17, 15) is 4.39 Å². The van der Waals surface area contributed by atoms with Gasteiger partial charge in [0.25, 0.3) is 0 Å². The zero-order valence-corrected chi connectivity index (χ0v) is 11.0. The van der Waals surface area contributed by atoms with Crippen molar-refractivity contribution in [3.05, 3.63) is 23.0 Å². The fraction of sp³-hybridized carbons (Fsp3) is 0.538. The van der Waals surface area contributed by atoms with Gasteiger partial charge in [-0.15, -0.1) is 0 Å². The van der Waals surface area contributed by atoms with E-state index in [1.54, 1.807) is 12.1 Å². The molecule has 0 spiro atoms. The number of rotatable bonds is 7. The fourth-order valence-corrected chi connectivity index (χ4v) is 1.49. The topological polar surface area (TPSA) is 18.5 Å². The van der Waals surface area contributed by atoms with Gasteiger partial charge in [0.2, 0.25) is 0 Å². The molecule has 0 bridgehead atoms. The Hall–Kier alpha value is -0.960. The maximum Gasteiger partial charge on any atom is 0.187 e. The largest absolute Gasteiger partial charge is 0.492 e. The van der Waals surface area contributed by atoms with Crippen molar-refractivity contribution in [3.8, 4) is 11.5 Å². The van der Waals surface area contributed by atoms with Crippen LogP contribution in [0.4, 0.5) is 4.39 Å². The molecule has 0 fully saturated rings. The molecule has 0 amide bonds. The predicted octanol–water partition coefficient (Wildman–Crippen LogP) is 4.45. The number of ether oxygens (including phenoxy) is 2.